The molecule has 0 radical (unpaired) electrons. The van der Waals surface area contributed by atoms with Crippen LogP contribution in [0.15, 0.2) is 48.8 Å². The number of urea groups is 1. The summed E-state index contributed by atoms with van der Waals surface area (Å²) in [4.78, 5) is 18.7. The number of benzene rings is 1. The van der Waals surface area contributed by atoms with Gasteiger partial charge in [0, 0.05) is 41.3 Å². The van der Waals surface area contributed by atoms with Gasteiger partial charge in [-0.25, -0.2) is 4.79 Å². The number of nitrogens with one attached hydrogen (secondary N) is 1. The van der Waals surface area contributed by atoms with Crippen LogP contribution in [0, 0.1) is 3.57 Å². The number of rotatable bonds is 5. The van der Waals surface area contributed by atoms with E-state index in [1.807, 2.05) is 36.4 Å². The van der Waals surface area contributed by atoms with Gasteiger partial charge in [0.2, 0.25) is 0 Å². The lowest BCUT2D eigenvalue weighted by Crippen LogP contribution is -2.39. The molecular weight excluding hydrogens is 417 g/mol. The number of pyridine rings is 1. The molecule has 1 aliphatic rings. The molecule has 2 heterocycles. The third kappa shape index (κ3) is 4.91. The molecule has 0 saturated carbocycles. The summed E-state index contributed by atoms with van der Waals surface area (Å²) in [5.41, 5.74) is 1.81. The Bertz CT molecular complexity index is 675. The van der Waals surface area contributed by atoms with E-state index in [2.05, 4.69) is 32.9 Å². The van der Waals surface area contributed by atoms with E-state index in [0.717, 1.165) is 34.3 Å². The maximum Gasteiger partial charge on any atom is 0.322 e. The largest absolute Gasteiger partial charge is 0.376 e. The van der Waals surface area contributed by atoms with Gasteiger partial charge in [0.25, 0.3) is 0 Å². The molecule has 0 bridgehead atoms. The Balaban J connectivity index is 1.70. The normalized spacial score (nSPS) is 16.8. The molecule has 1 N–H and O–H groups in total. The summed E-state index contributed by atoms with van der Waals surface area (Å²) < 4.78 is 6.79. The van der Waals surface area contributed by atoms with E-state index in [0.29, 0.717) is 13.1 Å². The summed E-state index contributed by atoms with van der Waals surface area (Å²) >= 11 is 2.24. The van der Waals surface area contributed by atoms with Crippen LogP contribution in [-0.4, -0.2) is 35.2 Å². The van der Waals surface area contributed by atoms with Crippen molar-refractivity contribution in [3.63, 3.8) is 0 Å². The Morgan fingerprint density at radius 1 is 1.38 bits per heavy atom. The highest BCUT2D eigenvalue weighted by atomic mass is 127. The number of carbonyl (C=O) groups excluding carboxylic acids is 1. The van der Waals surface area contributed by atoms with Crippen molar-refractivity contribution in [1.29, 1.82) is 0 Å². The fourth-order valence-electron chi connectivity index (χ4n) is 2.73. The molecule has 1 aromatic carbocycles. The molecule has 24 heavy (non-hydrogen) atoms. The first-order chi connectivity index (χ1) is 11.7. The molecule has 1 unspecified atom stereocenters. The first-order valence-corrected chi connectivity index (χ1v) is 9.10. The van der Waals surface area contributed by atoms with Crippen LogP contribution in [0.4, 0.5) is 10.5 Å². The molecule has 3 rings (SSSR count). The zero-order chi connectivity index (χ0) is 16.8. The smallest absolute Gasteiger partial charge is 0.322 e. The molecule has 1 saturated heterocycles. The van der Waals surface area contributed by atoms with E-state index < -0.39 is 0 Å². The van der Waals surface area contributed by atoms with Crippen LogP contribution in [0.25, 0.3) is 0 Å². The number of anilines is 1. The Labute approximate surface area is 155 Å². The van der Waals surface area contributed by atoms with Crippen molar-refractivity contribution < 1.29 is 9.53 Å². The van der Waals surface area contributed by atoms with Crippen LogP contribution >= 0.6 is 22.6 Å². The van der Waals surface area contributed by atoms with Gasteiger partial charge in [-0.15, -0.1) is 0 Å². The van der Waals surface area contributed by atoms with Crippen LogP contribution in [0.3, 0.4) is 0 Å². The third-order valence-corrected chi connectivity index (χ3v) is 4.58. The topological polar surface area (TPSA) is 54.5 Å². The van der Waals surface area contributed by atoms with Crippen LogP contribution in [-0.2, 0) is 11.3 Å². The van der Waals surface area contributed by atoms with Gasteiger partial charge in [-0.1, -0.05) is 12.1 Å². The van der Waals surface area contributed by atoms with Gasteiger partial charge in [-0.3, -0.25) is 4.98 Å². The summed E-state index contributed by atoms with van der Waals surface area (Å²) in [6.07, 6.45) is 5.70. The molecule has 6 heteroatoms. The van der Waals surface area contributed by atoms with E-state index in [1.165, 1.54) is 0 Å². The van der Waals surface area contributed by atoms with Gasteiger partial charge in [0.1, 0.15) is 0 Å². The van der Waals surface area contributed by atoms with Crippen molar-refractivity contribution >= 4 is 34.3 Å². The number of aromatic nitrogens is 1. The zero-order valence-corrected chi connectivity index (χ0v) is 15.5. The predicted molar refractivity (Wildman–Crippen MR) is 102 cm³/mol. The molecular formula is C18H20IN3O2. The van der Waals surface area contributed by atoms with E-state index in [4.69, 9.17) is 4.74 Å². The summed E-state index contributed by atoms with van der Waals surface area (Å²) in [7, 11) is 0. The Kier molecular flexibility index (Phi) is 6.03. The van der Waals surface area contributed by atoms with Crippen molar-refractivity contribution in [2.24, 2.45) is 0 Å². The van der Waals surface area contributed by atoms with Crippen molar-refractivity contribution in [2.75, 3.05) is 18.5 Å². The van der Waals surface area contributed by atoms with Crippen LogP contribution < -0.4 is 5.32 Å². The quantitative estimate of drug-likeness (QED) is 0.723. The van der Waals surface area contributed by atoms with E-state index in [-0.39, 0.29) is 12.1 Å². The number of hydrogen-bond acceptors (Lipinski definition) is 3. The lowest BCUT2D eigenvalue weighted by atomic mass is 10.2. The molecule has 5 nitrogen and oxygen atoms in total. The molecule has 1 aliphatic heterocycles. The number of amides is 2. The van der Waals surface area contributed by atoms with Crippen LogP contribution in [0.2, 0.25) is 0 Å². The van der Waals surface area contributed by atoms with E-state index in [9.17, 15) is 4.79 Å². The highest BCUT2D eigenvalue weighted by Gasteiger charge is 2.23. The minimum atomic E-state index is -0.114. The van der Waals surface area contributed by atoms with Crippen molar-refractivity contribution in [3.05, 3.63) is 57.9 Å². The van der Waals surface area contributed by atoms with Crippen molar-refractivity contribution in [2.45, 2.75) is 25.5 Å². The standard InChI is InChI=1S/C18H20IN3O2/c19-15-5-1-6-16(10-15)21-18(23)22(13-17-7-3-9-24-17)12-14-4-2-8-20-11-14/h1-2,4-6,8,10-11,17H,3,7,9,12-13H2,(H,21,23). The maximum atomic E-state index is 12.8. The molecule has 0 spiro atoms. The van der Waals surface area contributed by atoms with E-state index >= 15 is 0 Å². The van der Waals surface area contributed by atoms with Crippen LogP contribution in [0.1, 0.15) is 18.4 Å². The van der Waals surface area contributed by atoms with Crippen molar-refractivity contribution in [3.8, 4) is 0 Å². The second kappa shape index (κ2) is 8.43. The lowest BCUT2D eigenvalue weighted by Gasteiger charge is -2.26. The fraction of sp³-hybridized carbons (Fsp3) is 0.333. The van der Waals surface area contributed by atoms with Gasteiger partial charge in [0.05, 0.1) is 6.10 Å². The van der Waals surface area contributed by atoms with Crippen molar-refractivity contribution in [1.82, 2.24) is 9.88 Å². The predicted octanol–water partition coefficient (Wildman–Crippen LogP) is 3.90. The Morgan fingerprint density at radius 3 is 3.00 bits per heavy atom. The number of halogens is 1. The first-order valence-electron chi connectivity index (χ1n) is 8.03. The Morgan fingerprint density at radius 2 is 2.29 bits per heavy atom. The summed E-state index contributed by atoms with van der Waals surface area (Å²) in [6.45, 7) is 1.89. The maximum absolute atomic E-state index is 12.8. The molecule has 1 fully saturated rings. The third-order valence-electron chi connectivity index (χ3n) is 3.91. The summed E-state index contributed by atoms with van der Waals surface area (Å²) in [5.74, 6) is 0. The molecule has 1 atom stereocenters. The molecule has 1 aromatic heterocycles. The average molecular weight is 437 g/mol. The first kappa shape index (κ1) is 17.2. The summed E-state index contributed by atoms with van der Waals surface area (Å²) in [5, 5.41) is 2.98. The monoisotopic (exact) mass is 437 g/mol. The number of carbonyl (C=O) groups is 1. The van der Waals surface area contributed by atoms with Gasteiger partial charge < -0.3 is 15.0 Å². The Hall–Kier alpha value is -1.67. The average Bonchev–Trinajstić information content (AvgIpc) is 3.08. The zero-order valence-electron chi connectivity index (χ0n) is 13.3. The van der Waals surface area contributed by atoms with Gasteiger partial charge >= 0.3 is 6.03 Å². The van der Waals surface area contributed by atoms with Crippen LogP contribution in [0.5, 0.6) is 0 Å². The minimum Gasteiger partial charge on any atom is -0.376 e. The van der Waals surface area contributed by atoms with Gasteiger partial charge in [0.15, 0.2) is 0 Å². The second-order valence-corrected chi connectivity index (χ2v) is 7.06. The molecule has 0 aliphatic carbocycles. The molecule has 2 amide bonds. The molecule has 2 aromatic rings. The van der Waals surface area contributed by atoms with Gasteiger partial charge in [-0.05, 0) is 65.3 Å². The second-order valence-electron chi connectivity index (χ2n) is 5.82. The highest BCUT2D eigenvalue weighted by molar-refractivity contribution is 14.1. The number of nitrogens with zero attached hydrogens (tertiary/aromatic N) is 2. The fourth-order valence-corrected chi connectivity index (χ4v) is 3.28. The highest BCUT2D eigenvalue weighted by Crippen LogP contribution is 2.17. The van der Waals surface area contributed by atoms with E-state index in [1.54, 1.807) is 17.3 Å². The minimum absolute atomic E-state index is 0.114. The number of hydrogen-bond donors (Lipinski definition) is 1. The van der Waals surface area contributed by atoms with Gasteiger partial charge in [-0.2, -0.15) is 0 Å². The lowest BCUT2D eigenvalue weighted by molar-refractivity contribution is 0.0819. The molecule has 126 valence electrons. The summed E-state index contributed by atoms with van der Waals surface area (Å²) in [6, 6.07) is 11.5. The number of ether oxygens (including phenoxy) is 1. The SMILES string of the molecule is O=C(Nc1cccc(I)c1)N(Cc1cccnc1)CC1CCCO1.